The maximum absolute atomic E-state index is 12.9. The van der Waals surface area contributed by atoms with Gasteiger partial charge in [-0.1, -0.05) is 0 Å². The molecular weight excluding hydrogens is 183 g/mol. The fourth-order valence-electron chi connectivity index (χ4n) is 1.22. The summed E-state index contributed by atoms with van der Waals surface area (Å²) in [5.74, 6) is 0.277. The lowest BCUT2D eigenvalue weighted by molar-refractivity contribution is 0.333. The summed E-state index contributed by atoms with van der Waals surface area (Å²) in [5.41, 5.74) is 11.8. The molecule has 0 saturated heterocycles. The molecule has 14 heavy (non-hydrogen) atoms. The third-order valence-electron chi connectivity index (χ3n) is 1.93. The van der Waals surface area contributed by atoms with E-state index < -0.39 is 0 Å². The molecule has 1 aromatic carbocycles. The minimum Gasteiger partial charge on any atom is -0.494 e. The molecule has 0 aliphatic rings. The topological polar surface area (TPSA) is 61.3 Å². The van der Waals surface area contributed by atoms with E-state index in [1.807, 2.05) is 6.92 Å². The van der Waals surface area contributed by atoms with Gasteiger partial charge in [0.25, 0.3) is 0 Å². The van der Waals surface area contributed by atoms with E-state index in [9.17, 15) is 4.39 Å². The van der Waals surface area contributed by atoms with E-state index >= 15 is 0 Å². The van der Waals surface area contributed by atoms with Gasteiger partial charge in [-0.25, -0.2) is 4.39 Å². The van der Waals surface area contributed by atoms with Gasteiger partial charge in [0.05, 0.1) is 6.61 Å². The molecule has 0 bridgehead atoms. The molecule has 0 spiro atoms. The molecule has 0 saturated carbocycles. The Morgan fingerprint density at radius 3 is 2.79 bits per heavy atom. The minimum absolute atomic E-state index is 0.267. The molecule has 78 valence electrons. The molecule has 0 fully saturated rings. The standard InChI is InChI=1S/C10H15FN2O/c1-2-14-10-4-3-7(11)5-8(10)9(13)6-12/h3-5,9H,2,6,12-13H2,1H3. The van der Waals surface area contributed by atoms with Gasteiger partial charge in [0.15, 0.2) is 0 Å². The van der Waals surface area contributed by atoms with E-state index in [-0.39, 0.29) is 18.4 Å². The van der Waals surface area contributed by atoms with Gasteiger partial charge in [-0.2, -0.15) is 0 Å². The number of hydrogen-bond acceptors (Lipinski definition) is 3. The number of rotatable bonds is 4. The van der Waals surface area contributed by atoms with Crippen LogP contribution in [0.5, 0.6) is 5.75 Å². The SMILES string of the molecule is CCOc1ccc(F)cc1C(N)CN. The highest BCUT2D eigenvalue weighted by Gasteiger charge is 2.11. The van der Waals surface area contributed by atoms with Gasteiger partial charge < -0.3 is 16.2 Å². The lowest BCUT2D eigenvalue weighted by Crippen LogP contribution is -2.21. The first kappa shape index (κ1) is 10.9. The summed E-state index contributed by atoms with van der Waals surface area (Å²) in [6.45, 7) is 2.65. The van der Waals surface area contributed by atoms with Crippen LogP contribution >= 0.6 is 0 Å². The average Bonchev–Trinajstić information content (AvgIpc) is 2.20. The Morgan fingerprint density at radius 1 is 1.50 bits per heavy atom. The van der Waals surface area contributed by atoms with Crippen LogP contribution in [0, 0.1) is 5.82 Å². The van der Waals surface area contributed by atoms with Crippen LogP contribution in [-0.4, -0.2) is 13.2 Å². The van der Waals surface area contributed by atoms with Crippen molar-refractivity contribution in [1.29, 1.82) is 0 Å². The quantitative estimate of drug-likeness (QED) is 0.763. The van der Waals surface area contributed by atoms with Crippen LogP contribution in [0.15, 0.2) is 18.2 Å². The second kappa shape index (κ2) is 4.93. The first-order chi connectivity index (χ1) is 6.69. The summed E-state index contributed by atoms with van der Waals surface area (Å²) in [7, 11) is 0. The molecule has 0 heterocycles. The second-order valence-corrected chi connectivity index (χ2v) is 2.96. The predicted octanol–water partition coefficient (Wildman–Crippen LogP) is 1.18. The van der Waals surface area contributed by atoms with Gasteiger partial charge in [0.2, 0.25) is 0 Å². The normalized spacial score (nSPS) is 12.6. The molecular formula is C10H15FN2O. The molecule has 0 aliphatic carbocycles. The number of ether oxygens (including phenoxy) is 1. The maximum Gasteiger partial charge on any atom is 0.124 e. The molecule has 4 N–H and O–H groups in total. The largest absolute Gasteiger partial charge is 0.494 e. The Morgan fingerprint density at radius 2 is 2.21 bits per heavy atom. The first-order valence-corrected chi connectivity index (χ1v) is 4.57. The molecule has 1 aromatic rings. The number of benzene rings is 1. The molecule has 4 heteroatoms. The molecule has 1 atom stereocenters. The van der Waals surface area contributed by atoms with Crippen molar-refractivity contribution < 1.29 is 9.13 Å². The van der Waals surface area contributed by atoms with Gasteiger partial charge in [0.1, 0.15) is 11.6 Å². The van der Waals surface area contributed by atoms with Crippen molar-refractivity contribution in [3.63, 3.8) is 0 Å². The zero-order chi connectivity index (χ0) is 10.6. The molecule has 0 amide bonds. The van der Waals surface area contributed by atoms with Crippen molar-refractivity contribution in [3.8, 4) is 5.75 Å². The van der Waals surface area contributed by atoms with Crippen LogP contribution in [0.25, 0.3) is 0 Å². The van der Waals surface area contributed by atoms with Gasteiger partial charge in [-0.3, -0.25) is 0 Å². The van der Waals surface area contributed by atoms with E-state index in [0.29, 0.717) is 17.9 Å². The third kappa shape index (κ3) is 2.43. The highest BCUT2D eigenvalue weighted by Crippen LogP contribution is 2.24. The smallest absolute Gasteiger partial charge is 0.124 e. The zero-order valence-corrected chi connectivity index (χ0v) is 8.16. The number of hydrogen-bond donors (Lipinski definition) is 2. The van der Waals surface area contributed by atoms with Crippen molar-refractivity contribution in [3.05, 3.63) is 29.6 Å². The first-order valence-electron chi connectivity index (χ1n) is 4.57. The zero-order valence-electron chi connectivity index (χ0n) is 8.16. The summed E-state index contributed by atoms with van der Waals surface area (Å²) in [6.07, 6.45) is 0. The predicted molar refractivity (Wildman–Crippen MR) is 53.6 cm³/mol. The van der Waals surface area contributed by atoms with Crippen molar-refractivity contribution in [2.45, 2.75) is 13.0 Å². The van der Waals surface area contributed by atoms with Crippen LogP contribution in [0.3, 0.4) is 0 Å². The monoisotopic (exact) mass is 198 g/mol. The van der Waals surface area contributed by atoms with Crippen LogP contribution in [0.2, 0.25) is 0 Å². The molecule has 3 nitrogen and oxygen atoms in total. The van der Waals surface area contributed by atoms with Crippen LogP contribution < -0.4 is 16.2 Å². The van der Waals surface area contributed by atoms with Crippen molar-refractivity contribution in [2.24, 2.45) is 11.5 Å². The Kier molecular flexibility index (Phi) is 3.85. The van der Waals surface area contributed by atoms with Crippen molar-refractivity contribution >= 4 is 0 Å². The lowest BCUT2D eigenvalue weighted by atomic mass is 10.1. The molecule has 1 unspecified atom stereocenters. The Bertz CT molecular complexity index is 304. The lowest BCUT2D eigenvalue weighted by Gasteiger charge is -2.14. The molecule has 1 rings (SSSR count). The van der Waals surface area contributed by atoms with Crippen molar-refractivity contribution in [1.82, 2.24) is 0 Å². The fourth-order valence-corrected chi connectivity index (χ4v) is 1.22. The van der Waals surface area contributed by atoms with Gasteiger partial charge in [-0.05, 0) is 25.1 Å². The highest BCUT2D eigenvalue weighted by atomic mass is 19.1. The highest BCUT2D eigenvalue weighted by molar-refractivity contribution is 5.36. The summed E-state index contributed by atoms with van der Waals surface area (Å²) in [6, 6.07) is 3.90. The maximum atomic E-state index is 12.9. The van der Waals surface area contributed by atoms with Gasteiger partial charge >= 0.3 is 0 Å². The molecule has 0 aromatic heterocycles. The fraction of sp³-hybridized carbons (Fsp3) is 0.400. The summed E-state index contributed by atoms with van der Waals surface area (Å²) in [4.78, 5) is 0. The van der Waals surface area contributed by atoms with E-state index in [0.717, 1.165) is 0 Å². The van der Waals surface area contributed by atoms with Gasteiger partial charge in [0, 0.05) is 18.2 Å². The van der Waals surface area contributed by atoms with E-state index in [2.05, 4.69) is 0 Å². The third-order valence-corrected chi connectivity index (χ3v) is 1.93. The molecule has 0 aliphatic heterocycles. The summed E-state index contributed by atoms with van der Waals surface area (Å²) in [5, 5.41) is 0. The Labute approximate surface area is 82.9 Å². The van der Waals surface area contributed by atoms with Crippen LogP contribution in [0.1, 0.15) is 18.5 Å². The van der Waals surface area contributed by atoms with Crippen LogP contribution in [-0.2, 0) is 0 Å². The Balaban J connectivity index is 3.02. The second-order valence-electron chi connectivity index (χ2n) is 2.96. The number of nitrogens with two attached hydrogens (primary N) is 2. The van der Waals surface area contributed by atoms with Crippen molar-refractivity contribution in [2.75, 3.05) is 13.2 Å². The summed E-state index contributed by atoms with van der Waals surface area (Å²) >= 11 is 0. The van der Waals surface area contributed by atoms with Crippen LogP contribution in [0.4, 0.5) is 4.39 Å². The van der Waals surface area contributed by atoms with E-state index in [4.69, 9.17) is 16.2 Å². The Hall–Kier alpha value is -1.13. The minimum atomic E-state index is -0.382. The van der Waals surface area contributed by atoms with E-state index in [1.54, 1.807) is 6.07 Å². The number of halogens is 1. The molecule has 0 radical (unpaired) electrons. The average molecular weight is 198 g/mol. The summed E-state index contributed by atoms with van der Waals surface area (Å²) < 4.78 is 18.2. The van der Waals surface area contributed by atoms with Gasteiger partial charge in [-0.15, -0.1) is 0 Å². The van der Waals surface area contributed by atoms with E-state index in [1.165, 1.54) is 12.1 Å².